The molecule has 1 aromatic rings. The number of ether oxygens (including phenoxy) is 2. The Labute approximate surface area is 139 Å². The number of carbonyl (C=O) groups is 1. The summed E-state index contributed by atoms with van der Waals surface area (Å²) in [5, 5.41) is 0. The number of esters is 1. The third-order valence-electron chi connectivity index (χ3n) is 4.13. The monoisotopic (exact) mass is 314 g/mol. The first-order valence-corrected chi connectivity index (χ1v) is 8.19. The van der Waals surface area contributed by atoms with Gasteiger partial charge in [-0.3, -0.25) is 0 Å². The highest BCUT2D eigenvalue weighted by Gasteiger charge is 2.25. The van der Waals surface area contributed by atoms with Crippen molar-refractivity contribution in [3.8, 4) is 5.75 Å². The molecule has 1 aliphatic carbocycles. The number of hydrogen-bond acceptors (Lipinski definition) is 3. The van der Waals surface area contributed by atoms with E-state index in [4.69, 9.17) is 9.47 Å². The summed E-state index contributed by atoms with van der Waals surface area (Å²) in [6.45, 7) is 11.7. The van der Waals surface area contributed by atoms with Gasteiger partial charge in [0.05, 0.1) is 0 Å². The first-order valence-electron chi connectivity index (χ1n) is 8.19. The number of hydrogen-bond donors (Lipinski definition) is 0. The van der Waals surface area contributed by atoms with Gasteiger partial charge in [-0.15, -0.1) is 0 Å². The van der Waals surface area contributed by atoms with Crippen molar-refractivity contribution in [3.63, 3.8) is 0 Å². The standard InChI is InChI=1S/C20H26O3/c1-14(2)13-22-18-9-5-16(6-10-18)17-7-11-19(12-8-17)23-20(21)15(3)4/h5-6,9-10,17,19H,1,3,7-8,11-13H2,2,4H3. The third-order valence-corrected chi connectivity index (χ3v) is 4.13. The Morgan fingerprint density at radius 2 is 1.70 bits per heavy atom. The predicted molar refractivity (Wildman–Crippen MR) is 92.7 cm³/mol. The second-order valence-corrected chi connectivity index (χ2v) is 6.47. The smallest absolute Gasteiger partial charge is 0.333 e. The van der Waals surface area contributed by atoms with Crippen LogP contribution in [0.15, 0.2) is 48.6 Å². The minimum absolute atomic E-state index is 0.0358. The van der Waals surface area contributed by atoms with Gasteiger partial charge in [0.15, 0.2) is 0 Å². The van der Waals surface area contributed by atoms with Crippen LogP contribution >= 0.6 is 0 Å². The summed E-state index contributed by atoms with van der Waals surface area (Å²) < 4.78 is 11.1. The summed E-state index contributed by atoms with van der Waals surface area (Å²) in [4.78, 5) is 11.6. The minimum atomic E-state index is -0.271. The molecule has 0 heterocycles. The first-order chi connectivity index (χ1) is 11.0. The van der Waals surface area contributed by atoms with E-state index in [-0.39, 0.29) is 12.1 Å². The molecule has 0 spiro atoms. The molecule has 1 aromatic carbocycles. The SMILES string of the molecule is C=C(C)COc1ccc(C2CCC(OC(=O)C(=C)C)CC2)cc1. The molecule has 1 saturated carbocycles. The average molecular weight is 314 g/mol. The predicted octanol–water partition coefficient (Wildman–Crippen LogP) is 4.79. The van der Waals surface area contributed by atoms with E-state index in [1.165, 1.54) is 5.56 Å². The molecule has 0 bridgehead atoms. The summed E-state index contributed by atoms with van der Waals surface area (Å²) in [5.41, 5.74) is 2.81. The van der Waals surface area contributed by atoms with Crippen LogP contribution in [0.25, 0.3) is 0 Å². The van der Waals surface area contributed by atoms with Gasteiger partial charge in [0.25, 0.3) is 0 Å². The molecule has 0 N–H and O–H groups in total. The highest BCUT2D eigenvalue weighted by Crippen LogP contribution is 2.34. The molecule has 0 radical (unpaired) electrons. The van der Waals surface area contributed by atoms with Gasteiger partial charge < -0.3 is 9.47 Å². The van der Waals surface area contributed by atoms with Crippen LogP contribution in [-0.2, 0) is 9.53 Å². The van der Waals surface area contributed by atoms with Crippen molar-refractivity contribution >= 4 is 5.97 Å². The molecule has 0 aromatic heterocycles. The molecule has 23 heavy (non-hydrogen) atoms. The van der Waals surface area contributed by atoms with Gasteiger partial charge in [-0.2, -0.15) is 0 Å². The average Bonchev–Trinajstić information content (AvgIpc) is 2.54. The normalized spacial score (nSPS) is 20.6. The summed E-state index contributed by atoms with van der Waals surface area (Å²) in [6.07, 6.45) is 3.95. The Morgan fingerprint density at radius 3 is 2.22 bits per heavy atom. The number of rotatable bonds is 6. The van der Waals surface area contributed by atoms with Crippen molar-refractivity contribution in [2.45, 2.75) is 51.6 Å². The maximum Gasteiger partial charge on any atom is 0.333 e. The molecule has 1 aliphatic rings. The molecule has 124 valence electrons. The lowest BCUT2D eigenvalue weighted by atomic mass is 9.83. The van der Waals surface area contributed by atoms with Crippen molar-refractivity contribution < 1.29 is 14.3 Å². The molecular weight excluding hydrogens is 288 g/mol. The van der Waals surface area contributed by atoms with Crippen molar-refractivity contribution in [2.24, 2.45) is 0 Å². The van der Waals surface area contributed by atoms with Gasteiger partial charge in [-0.25, -0.2) is 4.79 Å². The van der Waals surface area contributed by atoms with E-state index in [9.17, 15) is 4.79 Å². The molecule has 0 atom stereocenters. The lowest BCUT2D eigenvalue weighted by molar-refractivity contribution is -0.145. The van der Waals surface area contributed by atoms with Crippen molar-refractivity contribution in [1.29, 1.82) is 0 Å². The minimum Gasteiger partial charge on any atom is -0.489 e. The van der Waals surface area contributed by atoms with E-state index in [2.05, 4.69) is 25.3 Å². The van der Waals surface area contributed by atoms with Crippen LogP contribution in [0.4, 0.5) is 0 Å². The summed E-state index contributed by atoms with van der Waals surface area (Å²) in [6, 6.07) is 8.31. The van der Waals surface area contributed by atoms with Gasteiger partial charge in [0.2, 0.25) is 0 Å². The third kappa shape index (κ3) is 5.27. The molecule has 2 rings (SSSR count). The van der Waals surface area contributed by atoms with E-state index in [1.807, 2.05) is 19.1 Å². The molecule has 0 amide bonds. The lowest BCUT2D eigenvalue weighted by Gasteiger charge is -2.28. The summed E-state index contributed by atoms with van der Waals surface area (Å²) >= 11 is 0. The number of benzene rings is 1. The van der Waals surface area contributed by atoms with Crippen LogP contribution in [0.2, 0.25) is 0 Å². The maximum atomic E-state index is 11.6. The lowest BCUT2D eigenvalue weighted by Crippen LogP contribution is -2.24. The fraction of sp³-hybridized carbons (Fsp3) is 0.450. The van der Waals surface area contributed by atoms with Crippen molar-refractivity contribution in [2.75, 3.05) is 6.61 Å². The van der Waals surface area contributed by atoms with E-state index >= 15 is 0 Å². The molecule has 3 heteroatoms. The number of carbonyl (C=O) groups excluding carboxylic acids is 1. The zero-order valence-electron chi connectivity index (χ0n) is 14.1. The van der Waals surface area contributed by atoms with Gasteiger partial charge in [-0.1, -0.05) is 25.3 Å². The second-order valence-electron chi connectivity index (χ2n) is 6.47. The van der Waals surface area contributed by atoms with Crippen molar-refractivity contribution in [3.05, 3.63) is 54.1 Å². The van der Waals surface area contributed by atoms with E-state index in [0.29, 0.717) is 18.1 Å². The molecule has 1 fully saturated rings. The Kier molecular flexibility index (Phi) is 6.03. The topological polar surface area (TPSA) is 35.5 Å². The van der Waals surface area contributed by atoms with Crippen LogP contribution in [-0.4, -0.2) is 18.7 Å². The first kappa shape index (κ1) is 17.3. The highest BCUT2D eigenvalue weighted by molar-refractivity contribution is 5.87. The highest BCUT2D eigenvalue weighted by atomic mass is 16.5. The molecule has 0 unspecified atom stereocenters. The van der Waals surface area contributed by atoms with Gasteiger partial charge >= 0.3 is 5.97 Å². The quantitative estimate of drug-likeness (QED) is 0.430. The zero-order valence-corrected chi connectivity index (χ0v) is 14.1. The Hall–Kier alpha value is -2.03. The summed E-state index contributed by atoms with van der Waals surface area (Å²) in [5.74, 6) is 1.14. The molecular formula is C20H26O3. The van der Waals surface area contributed by atoms with Gasteiger partial charge in [0.1, 0.15) is 18.5 Å². The van der Waals surface area contributed by atoms with E-state index < -0.39 is 0 Å². The van der Waals surface area contributed by atoms with E-state index in [1.54, 1.807) is 6.92 Å². The van der Waals surface area contributed by atoms with Crippen LogP contribution in [0.3, 0.4) is 0 Å². The Balaban J connectivity index is 1.84. The molecule has 0 saturated heterocycles. The Bertz CT molecular complexity index is 563. The maximum absolute atomic E-state index is 11.6. The fourth-order valence-electron chi connectivity index (χ4n) is 2.81. The summed E-state index contributed by atoms with van der Waals surface area (Å²) in [7, 11) is 0. The largest absolute Gasteiger partial charge is 0.489 e. The van der Waals surface area contributed by atoms with Crippen LogP contribution in [0, 0.1) is 0 Å². The fourth-order valence-corrected chi connectivity index (χ4v) is 2.81. The van der Waals surface area contributed by atoms with Crippen LogP contribution in [0.1, 0.15) is 51.0 Å². The van der Waals surface area contributed by atoms with Gasteiger partial charge in [0, 0.05) is 5.57 Å². The van der Waals surface area contributed by atoms with Crippen LogP contribution in [0.5, 0.6) is 5.75 Å². The van der Waals surface area contributed by atoms with Crippen LogP contribution < -0.4 is 4.74 Å². The second kappa shape index (κ2) is 8.00. The molecule has 0 aliphatic heterocycles. The molecule has 3 nitrogen and oxygen atoms in total. The van der Waals surface area contributed by atoms with Gasteiger partial charge in [-0.05, 0) is 68.7 Å². The van der Waals surface area contributed by atoms with E-state index in [0.717, 1.165) is 37.0 Å². The van der Waals surface area contributed by atoms with Crippen molar-refractivity contribution in [1.82, 2.24) is 0 Å². The Morgan fingerprint density at radius 1 is 1.09 bits per heavy atom. The zero-order chi connectivity index (χ0) is 16.8.